The van der Waals surface area contributed by atoms with Crippen LogP contribution >= 0.6 is 0 Å². The highest BCUT2D eigenvalue weighted by atomic mass is 29.8. The number of rotatable bonds is 6. The van der Waals surface area contributed by atoms with Gasteiger partial charge < -0.3 is 0 Å². The van der Waals surface area contributed by atoms with Crippen LogP contribution in [0.15, 0.2) is 14.0 Å². The molecule has 11 heteroatoms. The molecule has 0 atom stereocenters. The minimum atomic E-state index is -2.25. The molecule has 0 unspecified atom stereocenters. The van der Waals surface area contributed by atoms with Gasteiger partial charge in [0.25, 0.3) is 0 Å². The summed E-state index contributed by atoms with van der Waals surface area (Å²) in [5, 5.41) is 4.39. The fraction of sp³-hybridized carbons (Fsp3) is 0.750. The van der Waals surface area contributed by atoms with Gasteiger partial charge in [0.05, 0.1) is 0 Å². The molecule has 0 aliphatic carbocycles. The smallest absolute Gasteiger partial charge is 0.292 e. The Labute approximate surface area is 157 Å². The highest BCUT2D eigenvalue weighted by Crippen LogP contribution is 2.36. The third-order valence-corrected chi connectivity index (χ3v) is 50.8. The highest BCUT2D eigenvalue weighted by Gasteiger charge is 2.61. The van der Waals surface area contributed by atoms with Gasteiger partial charge in [-0.1, -0.05) is 38.8 Å². The quantitative estimate of drug-likeness (QED) is 0.559. The van der Waals surface area contributed by atoms with Crippen LogP contribution in [0.5, 0.6) is 0 Å². The minimum Gasteiger partial charge on any atom is -0.292 e. The molecule has 3 rings (SSSR count). The maximum Gasteiger partial charge on any atom is 0.401 e. The van der Waals surface area contributed by atoms with Crippen LogP contribution in [0.3, 0.4) is 0 Å². The van der Waals surface area contributed by atoms with E-state index in [1.807, 2.05) is 0 Å². The van der Waals surface area contributed by atoms with Gasteiger partial charge in [-0.25, -0.2) is 0 Å². The lowest BCUT2D eigenvalue weighted by Gasteiger charge is -2.49. The summed E-state index contributed by atoms with van der Waals surface area (Å²) in [4.78, 5) is 0. The van der Waals surface area contributed by atoms with Gasteiger partial charge in [-0.15, -0.1) is 0 Å². The molecule has 0 amide bonds. The van der Waals surface area contributed by atoms with Crippen molar-refractivity contribution in [1.29, 1.82) is 0 Å². The largest absolute Gasteiger partial charge is 0.401 e. The van der Waals surface area contributed by atoms with Crippen LogP contribution in [0.25, 0.3) is 0 Å². The summed E-state index contributed by atoms with van der Waals surface area (Å²) in [6.07, 6.45) is 0. The zero-order valence-corrected chi connectivity index (χ0v) is 23.0. The zero-order chi connectivity index (χ0) is 17.6. The lowest BCUT2D eigenvalue weighted by molar-refractivity contribution is 1.06. The SMILES string of the molecule is CC1=N[Si]2([Si]([Si][Si])C(C)C)N=C(C)[Si]1([Si]([Si][Si])C(C)C)C(C)=N2. The van der Waals surface area contributed by atoms with Crippen molar-refractivity contribution in [3.63, 3.8) is 0 Å². The molecule has 12 radical (unpaired) electrons. The Bertz CT molecular complexity index is 518. The lowest BCUT2D eigenvalue weighted by atomic mass is 10.6. The average molecular weight is 434 g/mol. The van der Waals surface area contributed by atoms with Crippen molar-refractivity contribution in [2.24, 2.45) is 14.0 Å². The van der Waals surface area contributed by atoms with E-state index < -0.39 is 31.3 Å². The molecule has 3 aliphatic rings. The van der Waals surface area contributed by atoms with Crippen LogP contribution < -0.4 is 0 Å². The van der Waals surface area contributed by atoms with Gasteiger partial charge in [0.2, 0.25) is 0 Å². The summed E-state index contributed by atoms with van der Waals surface area (Å²) >= 11 is 0. The molecule has 0 aromatic heterocycles. The first kappa shape index (κ1) is 20.1. The molecule has 3 heterocycles. The van der Waals surface area contributed by atoms with E-state index in [9.17, 15) is 0 Å². The van der Waals surface area contributed by atoms with E-state index >= 15 is 0 Å². The second-order valence-electron chi connectivity index (χ2n) is 6.86. The van der Waals surface area contributed by atoms with Crippen LogP contribution in [0.1, 0.15) is 48.5 Å². The van der Waals surface area contributed by atoms with E-state index in [1.54, 1.807) is 0 Å². The van der Waals surface area contributed by atoms with Crippen molar-refractivity contribution in [3.8, 4) is 0 Å². The molecule has 0 spiro atoms. The summed E-state index contributed by atoms with van der Waals surface area (Å²) in [6, 6.07) is 0. The Kier molecular flexibility index (Phi) is 6.25. The molecule has 0 aromatic rings. The molecule has 0 N–H and O–H groups in total. The van der Waals surface area contributed by atoms with Gasteiger partial charge in [0.1, 0.15) is 7.83 Å². The Hall–Kier alpha value is 0.745. The average Bonchev–Trinajstić information content (AvgIpc) is 2.40. The third kappa shape index (κ3) is 2.94. The fourth-order valence-corrected chi connectivity index (χ4v) is 55.2. The van der Waals surface area contributed by atoms with E-state index in [0.717, 1.165) is 22.7 Å². The van der Waals surface area contributed by atoms with E-state index in [0.29, 0.717) is 5.54 Å². The van der Waals surface area contributed by atoms with Crippen molar-refractivity contribution in [2.45, 2.75) is 59.5 Å². The van der Waals surface area contributed by atoms with Crippen molar-refractivity contribution < 1.29 is 0 Å². The first-order chi connectivity index (χ1) is 10.7. The monoisotopic (exact) mass is 433 g/mol. The third-order valence-electron chi connectivity index (χ3n) is 4.79. The number of hydrogen-bond acceptors (Lipinski definition) is 3. The Morgan fingerprint density at radius 1 is 0.783 bits per heavy atom. The summed E-state index contributed by atoms with van der Waals surface area (Å²) in [5.41, 5.74) is 1.38. The summed E-state index contributed by atoms with van der Waals surface area (Å²) in [5.74, 6) is 0. The van der Waals surface area contributed by atoms with E-state index in [-0.39, 0.29) is 0 Å². The van der Waals surface area contributed by atoms with Crippen LogP contribution in [0.2, 0.25) is 11.1 Å². The maximum atomic E-state index is 5.37. The zero-order valence-electron chi connectivity index (χ0n) is 15.0. The van der Waals surface area contributed by atoms with E-state index in [1.165, 1.54) is 16.0 Å². The lowest BCUT2D eigenvalue weighted by Crippen LogP contribution is -2.78. The van der Waals surface area contributed by atoms with E-state index in [2.05, 4.69) is 68.0 Å². The van der Waals surface area contributed by atoms with Gasteiger partial charge in [0, 0.05) is 44.5 Å². The fourth-order valence-electron chi connectivity index (χ4n) is 3.87. The van der Waals surface area contributed by atoms with Gasteiger partial charge in [-0.05, 0) is 36.8 Å². The Morgan fingerprint density at radius 2 is 1.13 bits per heavy atom. The van der Waals surface area contributed by atoms with Crippen molar-refractivity contribution in [1.82, 2.24) is 0 Å². The molecule has 0 saturated carbocycles. The molecule has 118 valence electrons. The molecule has 0 aromatic carbocycles. The van der Waals surface area contributed by atoms with Gasteiger partial charge >= 0.3 is 8.08 Å². The Balaban J connectivity index is 2.64. The summed E-state index contributed by atoms with van der Waals surface area (Å²) in [7, 11) is 3.96. The van der Waals surface area contributed by atoms with Crippen molar-refractivity contribution >= 4 is 84.0 Å². The molecule has 0 saturated heterocycles. The standard InChI is InChI=1S/C12H23N3Si8/c1-8(2)20(18-16)22-10(5)13-23(14-11(22)6,15-12(22)7)21(19-17)9(3)4/h8-9H,1-7H3. The normalized spacial score (nSPS) is 30.4. The second kappa shape index (κ2) is 7.16. The topological polar surface area (TPSA) is 37.1 Å². The highest BCUT2D eigenvalue weighted by molar-refractivity contribution is 7.82. The second-order valence-corrected chi connectivity index (χ2v) is 36.7. The molecule has 2 bridgehead atoms. The van der Waals surface area contributed by atoms with Crippen LogP contribution in [-0.4, -0.2) is 84.0 Å². The number of hydrogen-bond donors (Lipinski definition) is 0. The van der Waals surface area contributed by atoms with Crippen LogP contribution in [0.4, 0.5) is 0 Å². The molecule has 0 fully saturated rings. The minimum absolute atomic E-state index is 0.586. The molecular weight excluding hydrogens is 411 g/mol. The van der Waals surface area contributed by atoms with Crippen molar-refractivity contribution in [2.75, 3.05) is 0 Å². The molecular formula is C12H23N3Si8. The predicted molar refractivity (Wildman–Crippen MR) is 116 cm³/mol. The van der Waals surface area contributed by atoms with Gasteiger partial charge in [0.15, 0.2) is 7.59 Å². The number of nitrogens with zero attached hydrogens (tertiary/aromatic N) is 3. The van der Waals surface area contributed by atoms with Gasteiger partial charge in [-0.3, -0.25) is 14.0 Å². The Morgan fingerprint density at radius 3 is 1.39 bits per heavy atom. The molecule has 3 nitrogen and oxygen atoms in total. The van der Waals surface area contributed by atoms with E-state index in [4.69, 9.17) is 14.0 Å². The first-order valence-corrected chi connectivity index (χ1v) is 24.0. The predicted octanol–water partition coefficient (Wildman–Crippen LogP) is 0.937. The maximum absolute atomic E-state index is 5.37. The van der Waals surface area contributed by atoms with Gasteiger partial charge in [-0.2, -0.15) is 0 Å². The molecule has 3 aliphatic heterocycles. The van der Waals surface area contributed by atoms with Crippen LogP contribution in [0, 0.1) is 0 Å². The molecule has 23 heavy (non-hydrogen) atoms. The van der Waals surface area contributed by atoms with Crippen molar-refractivity contribution in [3.05, 3.63) is 0 Å². The first-order valence-electron chi connectivity index (χ1n) is 7.98. The summed E-state index contributed by atoms with van der Waals surface area (Å²) in [6.45, 7) is 16.4. The summed E-state index contributed by atoms with van der Waals surface area (Å²) < 4.78 is 16.1. The van der Waals surface area contributed by atoms with Crippen LogP contribution in [-0.2, 0) is 0 Å².